The highest BCUT2D eigenvalue weighted by Crippen LogP contribution is 2.24. The third-order valence-corrected chi connectivity index (χ3v) is 3.74. The highest BCUT2D eigenvalue weighted by atomic mass is 35.5. The Morgan fingerprint density at radius 1 is 1.20 bits per heavy atom. The summed E-state index contributed by atoms with van der Waals surface area (Å²) in [6.45, 7) is 0.739. The van der Waals surface area contributed by atoms with Crippen molar-refractivity contribution in [1.82, 2.24) is 0 Å². The maximum atomic E-state index is 6.18. The van der Waals surface area contributed by atoms with Crippen molar-refractivity contribution in [3.63, 3.8) is 0 Å². The summed E-state index contributed by atoms with van der Waals surface area (Å²) in [6, 6.07) is 13.4. The molecule has 2 nitrogen and oxygen atoms in total. The number of nitrogens with two attached hydrogens (primary N) is 1. The second-order valence-corrected chi connectivity index (χ2v) is 5.80. The first-order valence-corrected chi connectivity index (χ1v) is 7.18. The molecule has 0 heterocycles. The van der Waals surface area contributed by atoms with Gasteiger partial charge in [-0.05, 0) is 35.9 Å². The summed E-state index contributed by atoms with van der Waals surface area (Å²) in [4.78, 5) is 2.39. The number of hydrogen-bond acceptors (Lipinski definition) is 2. The van der Waals surface area contributed by atoms with E-state index in [0.29, 0.717) is 15.6 Å². The van der Waals surface area contributed by atoms with Crippen molar-refractivity contribution in [3.8, 4) is 0 Å². The van der Waals surface area contributed by atoms with Gasteiger partial charge in [0.15, 0.2) is 0 Å². The third-order valence-electron chi connectivity index (χ3n) is 2.97. The quantitative estimate of drug-likeness (QED) is 0.852. The van der Waals surface area contributed by atoms with Crippen LogP contribution in [0.5, 0.6) is 0 Å². The molecule has 0 radical (unpaired) electrons. The third kappa shape index (κ3) is 3.63. The summed E-state index contributed by atoms with van der Waals surface area (Å²) < 4.78 is 0. The normalized spacial score (nSPS) is 10.3. The Morgan fingerprint density at radius 2 is 1.95 bits per heavy atom. The predicted molar refractivity (Wildman–Crippen MR) is 90.9 cm³/mol. The van der Waals surface area contributed by atoms with Gasteiger partial charge >= 0.3 is 0 Å². The Balaban J connectivity index is 2.19. The molecule has 0 bridgehead atoms. The van der Waals surface area contributed by atoms with E-state index in [-0.39, 0.29) is 0 Å². The van der Waals surface area contributed by atoms with E-state index >= 15 is 0 Å². The van der Waals surface area contributed by atoms with Crippen LogP contribution in [0.3, 0.4) is 0 Å². The molecule has 2 rings (SSSR count). The average molecular weight is 325 g/mol. The molecule has 0 spiro atoms. The molecule has 104 valence electrons. The SMILES string of the molecule is CN(Cc1cccc(Cl)c1)c1ccc(C(N)=S)c(Cl)c1. The molecular weight excluding hydrogens is 311 g/mol. The zero-order chi connectivity index (χ0) is 14.7. The lowest BCUT2D eigenvalue weighted by atomic mass is 10.1. The fourth-order valence-electron chi connectivity index (χ4n) is 1.94. The number of hydrogen-bond donors (Lipinski definition) is 1. The summed E-state index contributed by atoms with van der Waals surface area (Å²) in [5.74, 6) is 0. The highest BCUT2D eigenvalue weighted by molar-refractivity contribution is 7.80. The Hall–Kier alpha value is -1.29. The van der Waals surface area contributed by atoms with Crippen LogP contribution in [0.25, 0.3) is 0 Å². The molecule has 0 atom stereocenters. The van der Waals surface area contributed by atoms with Crippen molar-refractivity contribution in [1.29, 1.82) is 0 Å². The Kier molecular flexibility index (Phi) is 4.86. The van der Waals surface area contributed by atoms with Gasteiger partial charge in [-0.2, -0.15) is 0 Å². The van der Waals surface area contributed by atoms with Gasteiger partial charge in [0.1, 0.15) is 4.99 Å². The van der Waals surface area contributed by atoms with E-state index in [2.05, 4.69) is 4.90 Å². The Labute approximate surface area is 134 Å². The molecule has 2 N–H and O–H groups in total. The molecular formula is C15H14Cl2N2S. The van der Waals surface area contributed by atoms with Gasteiger partial charge in [0.2, 0.25) is 0 Å². The van der Waals surface area contributed by atoms with E-state index in [0.717, 1.165) is 22.8 Å². The van der Waals surface area contributed by atoms with E-state index in [9.17, 15) is 0 Å². The lowest BCUT2D eigenvalue weighted by molar-refractivity contribution is 0.923. The van der Waals surface area contributed by atoms with E-state index in [4.69, 9.17) is 41.2 Å². The van der Waals surface area contributed by atoms with Crippen LogP contribution in [-0.2, 0) is 6.54 Å². The first kappa shape index (κ1) is 15.1. The molecule has 0 amide bonds. The lowest BCUT2D eigenvalue weighted by Crippen LogP contribution is -2.17. The molecule has 0 aliphatic rings. The van der Waals surface area contributed by atoms with E-state index in [1.54, 1.807) is 0 Å². The lowest BCUT2D eigenvalue weighted by Gasteiger charge is -2.20. The van der Waals surface area contributed by atoms with Crippen molar-refractivity contribution in [3.05, 3.63) is 63.6 Å². The van der Waals surface area contributed by atoms with Crippen molar-refractivity contribution in [2.75, 3.05) is 11.9 Å². The highest BCUT2D eigenvalue weighted by Gasteiger charge is 2.08. The average Bonchev–Trinajstić information content (AvgIpc) is 2.38. The molecule has 0 fully saturated rings. The molecule has 0 aliphatic carbocycles. The number of halogens is 2. The summed E-state index contributed by atoms with van der Waals surface area (Å²) in [7, 11) is 1.99. The number of rotatable bonds is 4. The van der Waals surface area contributed by atoms with Crippen LogP contribution in [-0.4, -0.2) is 12.0 Å². The maximum absolute atomic E-state index is 6.18. The van der Waals surface area contributed by atoms with E-state index < -0.39 is 0 Å². The molecule has 0 aromatic heterocycles. The Bertz CT molecular complexity index is 644. The van der Waals surface area contributed by atoms with Crippen molar-refractivity contribution >= 4 is 46.1 Å². The van der Waals surface area contributed by atoms with Crippen LogP contribution < -0.4 is 10.6 Å². The van der Waals surface area contributed by atoms with E-state index in [1.807, 2.05) is 49.5 Å². The number of benzene rings is 2. The summed E-state index contributed by atoms with van der Waals surface area (Å²) in [5, 5.41) is 1.30. The number of nitrogens with zero attached hydrogens (tertiary/aromatic N) is 1. The molecule has 0 saturated heterocycles. The molecule has 2 aromatic rings. The smallest absolute Gasteiger partial charge is 0.105 e. The summed E-state index contributed by atoms with van der Waals surface area (Å²) in [5.41, 5.74) is 8.42. The van der Waals surface area contributed by atoms with Crippen LogP contribution in [0.15, 0.2) is 42.5 Å². The van der Waals surface area contributed by atoms with Crippen LogP contribution in [0.2, 0.25) is 10.0 Å². The molecule has 5 heteroatoms. The summed E-state index contributed by atoms with van der Waals surface area (Å²) in [6.07, 6.45) is 0. The zero-order valence-electron chi connectivity index (χ0n) is 10.9. The molecule has 20 heavy (non-hydrogen) atoms. The predicted octanol–water partition coefficient (Wildman–Crippen LogP) is 4.26. The van der Waals surface area contributed by atoms with Gasteiger partial charge in [-0.15, -0.1) is 0 Å². The second-order valence-electron chi connectivity index (χ2n) is 4.51. The topological polar surface area (TPSA) is 29.3 Å². The zero-order valence-corrected chi connectivity index (χ0v) is 13.3. The minimum absolute atomic E-state index is 0.305. The van der Waals surface area contributed by atoms with E-state index in [1.165, 1.54) is 0 Å². The van der Waals surface area contributed by atoms with Crippen molar-refractivity contribution < 1.29 is 0 Å². The standard InChI is InChI=1S/C15H14Cl2N2S/c1-19(9-10-3-2-4-11(16)7-10)12-5-6-13(15(18)20)14(17)8-12/h2-8H,9H2,1H3,(H2,18,20). The van der Waals surface area contributed by atoms with Crippen LogP contribution in [0.1, 0.15) is 11.1 Å². The second kappa shape index (κ2) is 6.44. The fourth-order valence-corrected chi connectivity index (χ4v) is 2.67. The molecule has 0 saturated carbocycles. The monoisotopic (exact) mass is 324 g/mol. The maximum Gasteiger partial charge on any atom is 0.105 e. The largest absolute Gasteiger partial charge is 0.389 e. The molecule has 0 unspecified atom stereocenters. The van der Waals surface area contributed by atoms with Crippen molar-refractivity contribution in [2.45, 2.75) is 6.54 Å². The van der Waals surface area contributed by atoms with Gasteiger partial charge in [0, 0.05) is 29.9 Å². The van der Waals surface area contributed by atoms with Gasteiger partial charge < -0.3 is 10.6 Å². The minimum atomic E-state index is 0.305. The molecule has 2 aromatic carbocycles. The van der Waals surface area contributed by atoms with Crippen LogP contribution >= 0.6 is 35.4 Å². The van der Waals surface area contributed by atoms with Crippen LogP contribution in [0.4, 0.5) is 5.69 Å². The fraction of sp³-hybridized carbons (Fsp3) is 0.133. The minimum Gasteiger partial charge on any atom is -0.389 e. The number of anilines is 1. The summed E-state index contributed by atoms with van der Waals surface area (Å²) >= 11 is 17.1. The van der Waals surface area contributed by atoms with Gasteiger partial charge in [-0.25, -0.2) is 0 Å². The van der Waals surface area contributed by atoms with Gasteiger partial charge in [-0.1, -0.05) is 47.6 Å². The van der Waals surface area contributed by atoms with Gasteiger partial charge in [0.05, 0.1) is 5.02 Å². The first-order valence-electron chi connectivity index (χ1n) is 6.02. The van der Waals surface area contributed by atoms with Gasteiger partial charge in [-0.3, -0.25) is 0 Å². The Morgan fingerprint density at radius 3 is 2.55 bits per heavy atom. The number of thiocarbonyl (C=S) groups is 1. The first-order chi connectivity index (χ1) is 9.47. The molecule has 0 aliphatic heterocycles. The van der Waals surface area contributed by atoms with Gasteiger partial charge in [0.25, 0.3) is 0 Å². The van der Waals surface area contributed by atoms with Crippen LogP contribution in [0, 0.1) is 0 Å². The van der Waals surface area contributed by atoms with Crippen molar-refractivity contribution in [2.24, 2.45) is 5.73 Å².